The van der Waals surface area contributed by atoms with Crippen molar-refractivity contribution in [2.45, 2.75) is 0 Å². The SMILES string of the molecule is C=Cc1ccccc1.C=Cc1ccccc1.C=Cc1ccccc1.C=Cc1ccccc1.N=C(N)C(=N)c1ccc(NO)c(N=O)c1N. The molecule has 0 saturated heterocycles. The molecule has 0 aliphatic rings. The average Bonchev–Trinajstić information content (AvgIpc) is 3.16. The van der Waals surface area contributed by atoms with Gasteiger partial charge in [0, 0.05) is 5.56 Å². The zero-order chi connectivity index (χ0) is 35.6. The second kappa shape index (κ2) is 23.7. The van der Waals surface area contributed by atoms with E-state index in [1.165, 1.54) is 34.4 Å². The summed E-state index contributed by atoms with van der Waals surface area (Å²) in [6.45, 7) is 14.5. The van der Waals surface area contributed by atoms with E-state index in [0.717, 1.165) is 0 Å². The molecule has 0 aliphatic carbocycles. The Labute approximate surface area is 283 Å². The van der Waals surface area contributed by atoms with E-state index in [9.17, 15) is 4.91 Å². The number of nitrogens with two attached hydrogens (primary N) is 2. The fourth-order valence-corrected chi connectivity index (χ4v) is 3.52. The van der Waals surface area contributed by atoms with E-state index >= 15 is 0 Å². The van der Waals surface area contributed by atoms with Crippen LogP contribution in [-0.2, 0) is 0 Å². The Hall–Kier alpha value is -6.64. The standard InChI is InChI=1S/C8H10N6O2.4C8H8/c9-5-3(6(10)8(11)12)1-2-4(13-15)7(5)14-16;4*1-2-8-6-4-3-5-7-8/h1-2,10,13,15H,9H2,(H3,11,12);4*2-7H,1H2. The highest BCUT2D eigenvalue weighted by Crippen LogP contribution is 2.34. The maximum atomic E-state index is 10.5. The summed E-state index contributed by atoms with van der Waals surface area (Å²) in [6.07, 6.45) is 7.33. The number of nitrogens with one attached hydrogen (secondary N) is 3. The predicted molar refractivity (Wildman–Crippen MR) is 207 cm³/mol. The lowest BCUT2D eigenvalue weighted by Crippen LogP contribution is -2.23. The van der Waals surface area contributed by atoms with Crippen molar-refractivity contribution in [2.24, 2.45) is 10.9 Å². The Bertz CT molecular complexity index is 1550. The van der Waals surface area contributed by atoms with E-state index in [1.807, 2.05) is 146 Å². The molecular weight excluding hydrogens is 596 g/mol. The van der Waals surface area contributed by atoms with Crippen LogP contribution in [0.1, 0.15) is 27.8 Å². The second-order valence-electron chi connectivity index (χ2n) is 9.37. The van der Waals surface area contributed by atoms with E-state index in [1.54, 1.807) is 5.48 Å². The maximum Gasteiger partial charge on any atom is 0.156 e. The summed E-state index contributed by atoms with van der Waals surface area (Å²) in [4.78, 5) is 10.5. The highest BCUT2D eigenvalue weighted by Gasteiger charge is 2.15. The van der Waals surface area contributed by atoms with Gasteiger partial charge in [-0.3, -0.25) is 21.5 Å². The fourth-order valence-electron chi connectivity index (χ4n) is 3.52. The first kappa shape index (κ1) is 39.4. The molecule has 5 rings (SSSR count). The van der Waals surface area contributed by atoms with Gasteiger partial charge in [0.1, 0.15) is 11.5 Å². The second-order valence-corrected chi connectivity index (χ2v) is 9.37. The first-order valence-electron chi connectivity index (χ1n) is 14.5. The molecule has 0 saturated carbocycles. The number of rotatable bonds is 8. The number of nitrogen functional groups attached to an aromatic ring is 1. The monoisotopic (exact) mass is 638 g/mol. The first-order chi connectivity index (χ1) is 23.3. The predicted octanol–water partition coefficient (Wildman–Crippen LogP) is 10.1. The molecule has 0 atom stereocenters. The van der Waals surface area contributed by atoms with E-state index in [-0.39, 0.29) is 28.3 Å². The van der Waals surface area contributed by atoms with Crippen LogP contribution in [0.3, 0.4) is 0 Å². The summed E-state index contributed by atoms with van der Waals surface area (Å²) < 4.78 is 0. The van der Waals surface area contributed by atoms with Crippen LogP contribution in [0.5, 0.6) is 0 Å². The third-order valence-corrected chi connectivity index (χ3v) is 6.11. The Kier molecular flexibility index (Phi) is 19.4. The van der Waals surface area contributed by atoms with Gasteiger partial charge in [0.25, 0.3) is 0 Å². The van der Waals surface area contributed by atoms with Gasteiger partial charge in [-0.05, 0) is 39.6 Å². The maximum absolute atomic E-state index is 10.5. The van der Waals surface area contributed by atoms with Crippen molar-refractivity contribution >= 4 is 52.9 Å². The van der Waals surface area contributed by atoms with E-state index in [0.29, 0.717) is 0 Å². The van der Waals surface area contributed by atoms with Crippen LogP contribution in [-0.4, -0.2) is 16.8 Å². The molecule has 244 valence electrons. The third kappa shape index (κ3) is 14.9. The number of benzene rings is 5. The van der Waals surface area contributed by atoms with Crippen molar-refractivity contribution < 1.29 is 5.21 Å². The Morgan fingerprint density at radius 2 is 0.917 bits per heavy atom. The molecule has 5 aromatic carbocycles. The Morgan fingerprint density at radius 1 is 0.604 bits per heavy atom. The summed E-state index contributed by atoms with van der Waals surface area (Å²) in [5.41, 5.74) is 16.6. The number of nitrogens with zero attached hydrogens (tertiary/aromatic N) is 1. The van der Waals surface area contributed by atoms with Crippen molar-refractivity contribution in [1.29, 1.82) is 10.8 Å². The summed E-state index contributed by atoms with van der Waals surface area (Å²) in [7, 11) is 0. The van der Waals surface area contributed by atoms with Gasteiger partial charge in [-0.25, -0.2) is 0 Å². The Morgan fingerprint density at radius 3 is 1.12 bits per heavy atom. The van der Waals surface area contributed by atoms with Crippen LogP contribution in [0, 0.1) is 15.7 Å². The van der Waals surface area contributed by atoms with Gasteiger partial charge in [0.15, 0.2) is 5.69 Å². The lowest BCUT2D eigenvalue weighted by atomic mass is 10.0. The van der Waals surface area contributed by atoms with Crippen molar-refractivity contribution in [1.82, 2.24) is 0 Å². The van der Waals surface area contributed by atoms with Crippen LogP contribution >= 0.6 is 0 Å². The van der Waals surface area contributed by atoms with Crippen LogP contribution < -0.4 is 16.9 Å². The minimum Gasteiger partial charge on any atom is -0.396 e. The number of hydrogen-bond donors (Lipinski definition) is 6. The van der Waals surface area contributed by atoms with Crippen molar-refractivity contribution in [3.8, 4) is 0 Å². The summed E-state index contributed by atoms with van der Waals surface area (Å²) in [5.74, 6) is -0.478. The van der Waals surface area contributed by atoms with Crippen molar-refractivity contribution in [3.63, 3.8) is 0 Å². The quantitative estimate of drug-likeness (QED) is 0.0327. The molecule has 5 aromatic rings. The molecule has 0 heterocycles. The number of hydrogen-bond acceptors (Lipinski definition) is 7. The first-order valence-corrected chi connectivity index (χ1v) is 14.5. The highest BCUT2D eigenvalue weighted by molar-refractivity contribution is 6.46. The van der Waals surface area contributed by atoms with Gasteiger partial charge >= 0.3 is 0 Å². The minimum atomic E-state index is -0.478. The van der Waals surface area contributed by atoms with Crippen LogP contribution in [0.4, 0.5) is 17.1 Å². The number of anilines is 2. The summed E-state index contributed by atoms with van der Waals surface area (Å²) in [5, 5.41) is 25.9. The largest absolute Gasteiger partial charge is 0.396 e. The molecule has 0 aromatic heterocycles. The molecule has 0 amide bonds. The van der Waals surface area contributed by atoms with Crippen LogP contribution in [0.25, 0.3) is 24.3 Å². The molecule has 0 spiro atoms. The molecule has 8 heteroatoms. The Balaban J connectivity index is 0.000000312. The van der Waals surface area contributed by atoms with Crippen LogP contribution in [0.15, 0.2) is 165 Å². The normalized spacial score (nSPS) is 8.85. The van der Waals surface area contributed by atoms with Gasteiger partial charge in [-0.15, -0.1) is 4.91 Å². The fraction of sp³-hybridized carbons (Fsp3) is 0. The summed E-state index contributed by atoms with van der Waals surface area (Å²) in [6, 6.07) is 42.8. The third-order valence-electron chi connectivity index (χ3n) is 6.11. The minimum absolute atomic E-state index is 0.0209. The van der Waals surface area contributed by atoms with E-state index in [2.05, 4.69) is 31.5 Å². The number of nitroso groups, excluding NO2 is 1. The smallest absolute Gasteiger partial charge is 0.156 e. The lowest BCUT2D eigenvalue weighted by Gasteiger charge is -2.10. The molecule has 0 unspecified atom stereocenters. The summed E-state index contributed by atoms with van der Waals surface area (Å²) >= 11 is 0. The van der Waals surface area contributed by atoms with Gasteiger partial charge in [0.2, 0.25) is 0 Å². The van der Waals surface area contributed by atoms with Gasteiger partial charge in [0.05, 0.1) is 11.4 Å². The average molecular weight is 639 g/mol. The lowest BCUT2D eigenvalue weighted by molar-refractivity contribution is 0.389. The molecule has 0 aliphatic heterocycles. The molecule has 8 nitrogen and oxygen atoms in total. The molecule has 0 fully saturated rings. The van der Waals surface area contributed by atoms with E-state index in [4.69, 9.17) is 27.5 Å². The van der Waals surface area contributed by atoms with Gasteiger partial charge in [-0.2, -0.15) is 0 Å². The molecular formula is C40H42N6O2. The van der Waals surface area contributed by atoms with E-state index < -0.39 is 5.84 Å². The number of amidine groups is 1. The zero-order valence-electron chi connectivity index (χ0n) is 26.8. The zero-order valence-corrected chi connectivity index (χ0v) is 26.8. The van der Waals surface area contributed by atoms with Crippen molar-refractivity contribution in [2.75, 3.05) is 11.2 Å². The molecule has 0 bridgehead atoms. The molecule has 48 heavy (non-hydrogen) atoms. The van der Waals surface area contributed by atoms with Crippen molar-refractivity contribution in [3.05, 3.63) is 193 Å². The van der Waals surface area contributed by atoms with Gasteiger partial charge in [-0.1, -0.05) is 172 Å². The van der Waals surface area contributed by atoms with Gasteiger partial charge < -0.3 is 11.5 Å². The molecule has 0 radical (unpaired) electrons. The van der Waals surface area contributed by atoms with Crippen LogP contribution in [0.2, 0.25) is 0 Å². The topological polar surface area (TPSA) is 161 Å². The molecule has 8 N–H and O–H groups in total. The highest BCUT2D eigenvalue weighted by atomic mass is 16.5.